The molecule has 2 heterocycles. The number of carboxylic acids is 1. The van der Waals surface area contributed by atoms with Crippen LogP contribution in [0.4, 0.5) is 5.69 Å². The lowest BCUT2D eigenvalue weighted by Gasteiger charge is -2.10. The minimum Gasteiger partial charge on any atom is -0.494 e. The molecule has 2 N–H and O–H groups in total. The first-order valence-corrected chi connectivity index (χ1v) is 11.4. The first-order valence-electron chi connectivity index (χ1n) is 10.6. The van der Waals surface area contributed by atoms with E-state index in [9.17, 15) is 9.59 Å². The van der Waals surface area contributed by atoms with Crippen LogP contribution in [0.15, 0.2) is 68.9 Å². The number of methoxy groups -OCH3 is 1. The first kappa shape index (κ1) is 24.0. The minimum absolute atomic E-state index is 0.0354. The average Bonchev–Trinajstić information content (AvgIpc) is 3.46. The number of amides is 1. The van der Waals surface area contributed by atoms with Crippen LogP contribution in [0.5, 0.6) is 17.2 Å². The van der Waals surface area contributed by atoms with Gasteiger partial charge in [0.05, 0.1) is 24.3 Å². The van der Waals surface area contributed by atoms with Crippen molar-refractivity contribution in [2.24, 2.45) is 4.99 Å². The smallest absolute Gasteiger partial charge is 0.371 e. The number of hydrogen-bond acceptors (Lipinski definition) is 8. The number of carbonyl (C=O) groups excluding carboxylic acids is 1. The van der Waals surface area contributed by atoms with Crippen molar-refractivity contribution in [3.8, 4) is 17.2 Å². The van der Waals surface area contributed by atoms with E-state index in [4.69, 9.17) is 23.7 Å². The maximum absolute atomic E-state index is 12.4. The van der Waals surface area contributed by atoms with Gasteiger partial charge in [-0.2, -0.15) is 0 Å². The summed E-state index contributed by atoms with van der Waals surface area (Å²) in [5.74, 6) is 0.485. The Balaban J connectivity index is 1.44. The van der Waals surface area contributed by atoms with Crippen molar-refractivity contribution in [3.05, 3.63) is 76.6 Å². The number of ether oxygens (including phenoxy) is 3. The molecule has 1 saturated heterocycles. The van der Waals surface area contributed by atoms with Gasteiger partial charge in [0.15, 0.2) is 16.7 Å². The van der Waals surface area contributed by atoms with E-state index in [0.717, 1.165) is 11.3 Å². The molecule has 2 aromatic carbocycles. The molecular weight excluding hydrogens is 472 g/mol. The molecule has 10 heteroatoms. The molecule has 0 bridgehead atoms. The second-order valence-corrected chi connectivity index (χ2v) is 8.21. The summed E-state index contributed by atoms with van der Waals surface area (Å²) >= 11 is 1.24. The van der Waals surface area contributed by atoms with Crippen molar-refractivity contribution < 1.29 is 33.3 Å². The fourth-order valence-electron chi connectivity index (χ4n) is 3.15. The molecule has 9 nitrogen and oxygen atoms in total. The number of furan rings is 1. The molecule has 0 spiro atoms. The lowest BCUT2D eigenvalue weighted by Crippen LogP contribution is -2.19. The van der Waals surface area contributed by atoms with Crippen LogP contribution in [-0.4, -0.2) is 35.9 Å². The molecule has 4 rings (SSSR count). The van der Waals surface area contributed by atoms with Crippen LogP contribution in [0.1, 0.15) is 28.8 Å². The third kappa shape index (κ3) is 6.04. The maximum atomic E-state index is 12.4. The van der Waals surface area contributed by atoms with Crippen LogP contribution in [-0.2, 0) is 11.4 Å². The Morgan fingerprint density at radius 2 is 1.91 bits per heavy atom. The number of aliphatic imine (C=N–C) groups is 1. The van der Waals surface area contributed by atoms with E-state index >= 15 is 0 Å². The lowest BCUT2D eigenvalue weighted by atomic mass is 10.2. The molecule has 1 aromatic heterocycles. The summed E-state index contributed by atoms with van der Waals surface area (Å²) in [7, 11) is 1.51. The van der Waals surface area contributed by atoms with Crippen molar-refractivity contribution >= 4 is 40.6 Å². The van der Waals surface area contributed by atoms with Crippen molar-refractivity contribution in [3.63, 3.8) is 0 Å². The van der Waals surface area contributed by atoms with E-state index in [2.05, 4.69) is 10.3 Å². The number of rotatable bonds is 9. The molecule has 0 saturated carbocycles. The fourth-order valence-corrected chi connectivity index (χ4v) is 3.99. The van der Waals surface area contributed by atoms with Gasteiger partial charge in [-0.15, -0.1) is 0 Å². The summed E-state index contributed by atoms with van der Waals surface area (Å²) in [4.78, 5) is 28.3. The molecule has 1 fully saturated rings. The van der Waals surface area contributed by atoms with Gasteiger partial charge in [0, 0.05) is 0 Å². The van der Waals surface area contributed by atoms with Gasteiger partial charge in [-0.05, 0) is 78.9 Å². The zero-order chi connectivity index (χ0) is 24.8. The topological polar surface area (TPSA) is 120 Å². The first-order chi connectivity index (χ1) is 16.9. The minimum atomic E-state index is -1.15. The molecule has 0 unspecified atom stereocenters. The molecular formula is C25H22N2O7S. The molecule has 0 atom stereocenters. The lowest BCUT2D eigenvalue weighted by molar-refractivity contribution is -0.115. The van der Waals surface area contributed by atoms with Gasteiger partial charge in [0.1, 0.15) is 18.1 Å². The highest BCUT2D eigenvalue weighted by molar-refractivity contribution is 8.18. The Hall–Kier alpha value is -4.18. The Bertz CT molecular complexity index is 1300. The third-order valence-corrected chi connectivity index (χ3v) is 5.67. The number of carboxylic acid groups (broad SMARTS) is 1. The van der Waals surface area contributed by atoms with Crippen molar-refractivity contribution in [2.75, 3.05) is 13.7 Å². The number of amidine groups is 1. The largest absolute Gasteiger partial charge is 0.494 e. The summed E-state index contributed by atoms with van der Waals surface area (Å²) in [6.45, 7) is 2.54. The number of aromatic carboxylic acids is 1. The van der Waals surface area contributed by atoms with Crippen LogP contribution in [0.25, 0.3) is 6.08 Å². The summed E-state index contributed by atoms with van der Waals surface area (Å²) in [5, 5.41) is 12.2. The van der Waals surface area contributed by atoms with E-state index in [1.807, 2.05) is 31.2 Å². The predicted octanol–water partition coefficient (Wildman–Crippen LogP) is 4.86. The van der Waals surface area contributed by atoms with Crippen molar-refractivity contribution in [1.82, 2.24) is 5.32 Å². The summed E-state index contributed by atoms with van der Waals surface area (Å²) in [5.41, 5.74) is 1.44. The number of hydrogen-bond donors (Lipinski definition) is 2. The fraction of sp³-hybridized carbons (Fsp3) is 0.160. The SMILES string of the molecule is CCOc1ccc(N=C2NC(=O)/C(=C/c3ccc(OCc4ccc(C(=O)O)o4)c(OC)c3)S2)cc1. The average molecular weight is 495 g/mol. The zero-order valence-corrected chi connectivity index (χ0v) is 19.8. The molecule has 3 aromatic rings. The number of thioether (sulfide) groups is 1. The second kappa shape index (κ2) is 10.8. The third-order valence-electron chi connectivity index (χ3n) is 4.76. The summed E-state index contributed by atoms with van der Waals surface area (Å²) < 4.78 is 21.8. The molecule has 0 aliphatic carbocycles. The maximum Gasteiger partial charge on any atom is 0.371 e. The molecule has 35 heavy (non-hydrogen) atoms. The van der Waals surface area contributed by atoms with Gasteiger partial charge >= 0.3 is 5.97 Å². The van der Waals surface area contributed by atoms with Crippen molar-refractivity contribution in [2.45, 2.75) is 13.5 Å². The van der Waals surface area contributed by atoms with Crippen LogP contribution in [0, 0.1) is 0 Å². The van der Waals surface area contributed by atoms with E-state index in [1.54, 1.807) is 24.3 Å². The summed E-state index contributed by atoms with van der Waals surface area (Å²) in [6.07, 6.45) is 1.73. The quantitative estimate of drug-likeness (QED) is 0.405. The molecule has 0 radical (unpaired) electrons. The molecule has 1 aliphatic rings. The molecule has 1 aliphatic heterocycles. The van der Waals surface area contributed by atoms with E-state index in [0.29, 0.717) is 39.6 Å². The van der Waals surface area contributed by atoms with Crippen LogP contribution >= 0.6 is 11.8 Å². The van der Waals surface area contributed by atoms with Crippen LogP contribution in [0.2, 0.25) is 0 Å². The van der Waals surface area contributed by atoms with E-state index in [-0.39, 0.29) is 18.3 Å². The Labute approximate surface area is 205 Å². The van der Waals surface area contributed by atoms with Crippen molar-refractivity contribution in [1.29, 1.82) is 0 Å². The monoisotopic (exact) mass is 494 g/mol. The Morgan fingerprint density at radius 1 is 1.11 bits per heavy atom. The van der Waals surface area contributed by atoms with Gasteiger partial charge in [-0.3, -0.25) is 4.79 Å². The number of benzene rings is 2. The Morgan fingerprint density at radius 3 is 2.60 bits per heavy atom. The highest BCUT2D eigenvalue weighted by Crippen LogP contribution is 2.33. The Kier molecular flexibility index (Phi) is 7.41. The van der Waals surface area contributed by atoms with Crippen LogP contribution < -0.4 is 19.5 Å². The van der Waals surface area contributed by atoms with E-state index in [1.165, 1.54) is 31.0 Å². The van der Waals surface area contributed by atoms with Gasteiger partial charge in [0.2, 0.25) is 5.76 Å². The van der Waals surface area contributed by atoms with Gasteiger partial charge in [-0.1, -0.05) is 6.07 Å². The number of carbonyl (C=O) groups is 2. The highest BCUT2D eigenvalue weighted by atomic mass is 32.2. The second-order valence-electron chi connectivity index (χ2n) is 7.18. The van der Waals surface area contributed by atoms with E-state index < -0.39 is 5.97 Å². The molecule has 1 amide bonds. The molecule has 180 valence electrons. The zero-order valence-electron chi connectivity index (χ0n) is 18.9. The normalized spacial score (nSPS) is 15.3. The van der Waals surface area contributed by atoms with Gasteiger partial charge in [0.25, 0.3) is 5.91 Å². The van der Waals surface area contributed by atoms with Gasteiger partial charge in [-0.25, -0.2) is 9.79 Å². The highest BCUT2D eigenvalue weighted by Gasteiger charge is 2.24. The summed E-state index contributed by atoms with van der Waals surface area (Å²) in [6, 6.07) is 15.4. The standard InChI is InChI=1S/C25H22N2O7S/c1-3-32-17-7-5-16(6-8-17)26-25-27-23(28)22(35-25)13-15-4-10-19(21(12-15)31-2)33-14-18-9-11-20(34-18)24(29)30/h4-13H,3,14H2,1-2H3,(H,29,30)(H,26,27,28)/b22-13-. The van der Waals surface area contributed by atoms with Crippen LogP contribution in [0.3, 0.4) is 0 Å². The van der Waals surface area contributed by atoms with Gasteiger partial charge < -0.3 is 29.1 Å². The number of nitrogens with one attached hydrogen (secondary N) is 1. The number of nitrogens with zero attached hydrogens (tertiary/aromatic N) is 1. The predicted molar refractivity (Wildman–Crippen MR) is 131 cm³/mol.